The highest BCUT2D eigenvalue weighted by Crippen LogP contribution is 2.20. The van der Waals surface area contributed by atoms with Crippen molar-refractivity contribution in [3.63, 3.8) is 0 Å². The molecule has 0 saturated heterocycles. The number of allylic oxidation sites excluding steroid dienone is 1. The van der Waals surface area contributed by atoms with Crippen LogP contribution in [0.3, 0.4) is 0 Å². The molecule has 0 aromatic heterocycles. The third-order valence-corrected chi connectivity index (χ3v) is 3.65. The van der Waals surface area contributed by atoms with Crippen molar-refractivity contribution in [2.45, 2.75) is 32.4 Å². The van der Waals surface area contributed by atoms with Crippen LogP contribution in [-0.2, 0) is 19.3 Å². The summed E-state index contributed by atoms with van der Waals surface area (Å²) in [6, 6.07) is 12.6. The number of hydrogen-bond acceptors (Lipinski definition) is 0. The number of aryl methyl sites for hydroxylation is 3. The highest BCUT2D eigenvalue weighted by atomic mass is 19.4. The van der Waals surface area contributed by atoms with E-state index >= 15 is 0 Å². The fraction of sp³-hybridized carbons (Fsp3) is 0.263. The first-order valence-electron chi connectivity index (χ1n) is 7.49. The van der Waals surface area contributed by atoms with Crippen molar-refractivity contribution in [3.8, 4) is 0 Å². The van der Waals surface area contributed by atoms with E-state index in [1.807, 2.05) is 0 Å². The van der Waals surface area contributed by atoms with Crippen LogP contribution in [-0.4, -0.2) is 6.18 Å². The number of alkyl halides is 3. The van der Waals surface area contributed by atoms with Gasteiger partial charge in [-0.25, -0.2) is 4.39 Å². The van der Waals surface area contributed by atoms with E-state index in [2.05, 4.69) is 31.2 Å². The van der Waals surface area contributed by atoms with E-state index in [0.717, 1.165) is 30.0 Å². The molecule has 2 aromatic carbocycles. The van der Waals surface area contributed by atoms with Crippen molar-refractivity contribution in [3.05, 3.63) is 76.6 Å². The van der Waals surface area contributed by atoms with Gasteiger partial charge in [0, 0.05) is 11.6 Å². The molecule has 2 aromatic rings. The van der Waals surface area contributed by atoms with E-state index in [-0.39, 0.29) is 11.6 Å². The standard InChI is InChI=1S/C19H18F4/c1-2-14-3-5-15(6-4-14)7-8-16-9-10-17(18(20)13-16)11-12-19(21,22)23/h3-6,9-13H,2,7-8H2,1H3. The molecule has 0 unspecified atom stereocenters. The average molecular weight is 322 g/mol. The quantitative estimate of drug-likeness (QED) is 0.615. The molecule has 2 rings (SSSR count). The third kappa shape index (κ3) is 5.55. The SMILES string of the molecule is CCc1ccc(CCc2ccc(C=CC(F)(F)F)c(F)c2)cc1. The number of benzene rings is 2. The van der Waals surface area contributed by atoms with E-state index in [9.17, 15) is 17.6 Å². The van der Waals surface area contributed by atoms with Crippen LogP contribution in [0.15, 0.2) is 48.5 Å². The summed E-state index contributed by atoms with van der Waals surface area (Å²) >= 11 is 0. The van der Waals surface area contributed by atoms with Crippen LogP contribution in [0.2, 0.25) is 0 Å². The van der Waals surface area contributed by atoms with Gasteiger partial charge in [0.15, 0.2) is 0 Å². The summed E-state index contributed by atoms with van der Waals surface area (Å²) in [5.41, 5.74) is 3.13. The molecule has 122 valence electrons. The Hall–Kier alpha value is -2.10. The van der Waals surface area contributed by atoms with Crippen molar-refractivity contribution in [1.29, 1.82) is 0 Å². The van der Waals surface area contributed by atoms with Gasteiger partial charge < -0.3 is 0 Å². The maximum Gasteiger partial charge on any atom is 0.409 e. The minimum atomic E-state index is -4.43. The van der Waals surface area contributed by atoms with E-state index < -0.39 is 12.0 Å². The van der Waals surface area contributed by atoms with Crippen LogP contribution in [0, 0.1) is 5.82 Å². The topological polar surface area (TPSA) is 0 Å². The fourth-order valence-electron chi connectivity index (χ4n) is 2.28. The first-order valence-corrected chi connectivity index (χ1v) is 7.49. The van der Waals surface area contributed by atoms with Gasteiger partial charge >= 0.3 is 6.18 Å². The molecule has 0 N–H and O–H groups in total. The Kier molecular flexibility index (Phi) is 5.59. The lowest BCUT2D eigenvalue weighted by Crippen LogP contribution is -2.00. The van der Waals surface area contributed by atoms with Crippen molar-refractivity contribution >= 4 is 6.08 Å². The molecular formula is C19H18F4. The predicted molar refractivity (Wildman–Crippen MR) is 84.7 cm³/mol. The van der Waals surface area contributed by atoms with Gasteiger partial charge in [0.05, 0.1) is 0 Å². The fourth-order valence-corrected chi connectivity index (χ4v) is 2.28. The summed E-state index contributed by atoms with van der Waals surface area (Å²) in [5.74, 6) is -0.635. The summed E-state index contributed by atoms with van der Waals surface area (Å²) in [6.07, 6.45) is -1.25. The first kappa shape index (κ1) is 17.3. The Balaban J connectivity index is 2.01. The molecule has 0 bridgehead atoms. The second-order valence-corrected chi connectivity index (χ2v) is 5.40. The van der Waals surface area contributed by atoms with Gasteiger partial charge in [-0.15, -0.1) is 0 Å². The maximum atomic E-state index is 13.8. The minimum Gasteiger partial charge on any atom is -0.206 e. The number of halogens is 4. The van der Waals surface area contributed by atoms with Crippen LogP contribution in [0.1, 0.15) is 29.2 Å². The maximum absolute atomic E-state index is 13.8. The Morgan fingerprint density at radius 1 is 0.870 bits per heavy atom. The first-order chi connectivity index (χ1) is 10.9. The lowest BCUT2D eigenvalue weighted by Gasteiger charge is -2.06. The normalized spacial score (nSPS) is 12.0. The van der Waals surface area contributed by atoms with Crippen LogP contribution < -0.4 is 0 Å². The summed E-state index contributed by atoms with van der Waals surface area (Å²) < 4.78 is 50.1. The van der Waals surface area contributed by atoms with Crippen molar-refractivity contribution in [2.75, 3.05) is 0 Å². The second kappa shape index (κ2) is 7.44. The van der Waals surface area contributed by atoms with Gasteiger partial charge in [-0.2, -0.15) is 13.2 Å². The summed E-state index contributed by atoms with van der Waals surface area (Å²) in [7, 11) is 0. The second-order valence-electron chi connectivity index (χ2n) is 5.40. The smallest absolute Gasteiger partial charge is 0.206 e. The van der Waals surface area contributed by atoms with Gasteiger partial charge in [0.2, 0.25) is 0 Å². The molecule has 4 heteroatoms. The molecular weight excluding hydrogens is 304 g/mol. The Bertz CT molecular complexity index is 667. The van der Waals surface area contributed by atoms with E-state index in [1.165, 1.54) is 17.7 Å². The van der Waals surface area contributed by atoms with E-state index in [0.29, 0.717) is 6.42 Å². The minimum absolute atomic E-state index is 0.0420. The zero-order chi connectivity index (χ0) is 16.9. The van der Waals surface area contributed by atoms with Crippen LogP contribution in [0.25, 0.3) is 6.08 Å². The molecule has 0 radical (unpaired) electrons. The van der Waals surface area contributed by atoms with Gasteiger partial charge in [-0.05, 0) is 48.1 Å². The van der Waals surface area contributed by atoms with Crippen molar-refractivity contribution in [2.24, 2.45) is 0 Å². The predicted octanol–water partition coefficient (Wildman–Crippen LogP) is 5.75. The van der Waals surface area contributed by atoms with Gasteiger partial charge in [-0.1, -0.05) is 43.3 Å². The average Bonchev–Trinajstić information content (AvgIpc) is 2.51. The lowest BCUT2D eigenvalue weighted by atomic mass is 10.0. The molecule has 23 heavy (non-hydrogen) atoms. The Morgan fingerprint density at radius 2 is 1.43 bits per heavy atom. The summed E-state index contributed by atoms with van der Waals surface area (Å²) in [6.45, 7) is 2.09. The molecule has 0 aliphatic rings. The lowest BCUT2D eigenvalue weighted by molar-refractivity contribution is -0.0790. The highest BCUT2D eigenvalue weighted by molar-refractivity contribution is 5.51. The van der Waals surface area contributed by atoms with E-state index in [1.54, 1.807) is 6.07 Å². The molecule has 0 atom stereocenters. The Morgan fingerprint density at radius 3 is 2.00 bits per heavy atom. The largest absolute Gasteiger partial charge is 0.409 e. The van der Waals surface area contributed by atoms with Gasteiger partial charge in [0.25, 0.3) is 0 Å². The van der Waals surface area contributed by atoms with Crippen LogP contribution in [0.5, 0.6) is 0 Å². The molecule has 0 heterocycles. The molecule has 0 nitrogen and oxygen atoms in total. The molecule has 0 amide bonds. The van der Waals surface area contributed by atoms with Crippen LogP contribution >= 0.6 is 0 Å². The monoisotopic (exact) mass is 322 g/mol. The zero-order valence-corrected chi connectivity index (χ0v) is 12.8. The van der Waals surface area contributed by atoms with Crippen molar-refractivity contribution in [1.82, 2.24) is 0 Å². The molecule has 0 saturated carbocycles. The third-order valence-electron chi connectivity index (χ3n) is 3.65. The summed E-state index contributed by atoms with van der Waals surface area (Å²) in [5, 5.41) is 0. The van der Waals surface area contributed by atoms with Crippen molar-refractivity contribution < 1.29 is 17.6 Å². The molecule has 0 fully saturated rings. The Labute approximate surface area is 133 Å². The highest BCUT2D eigenvalue weighted by Gasteiger charge is 2.22. The van der Waals surface area contributed by atoms with Crippen LogP contribution in [0.4, 0.5) is 17.6 Å². The molecule has 0 aliphatic carbocycles. The molecule has 0 aliphatic heterocycles. The number of rotatable bonds is 5. The van der Waals surface area contributed by atoms with Gasteiger partial charge in [-0.3, -0.25) is 0 Å². The zero-order valence-electron chi connectivity index (χ0n) is 12.8. The molecule has 0 spiro atoms. The summed E-state index contributed by atoms with van der Waals surface area (Å²) in [4.78, 5) is 0. The number of hydrogen-bond donors (Lipinski definition) is 0. The van der Waals surface area contributed by atoms with Gasteiger partial charge in [0.1, 0.15) is 5.82 Å². The van der Waals surface area contributed by atoms with E-state index in [4.69, 9.17) is 0 Å².